The van der Waals surface area contributed by atoms with Crippen LogP contribution in [0.1, 0.15) is 16.2 Å². The molecule has 0 fully saturated rings. The van der Waals surface area contributed by atoms with Crippen molar-refractivity contribution in [2.75, 3.05) is 5.48 Å². The minimum Gasteiger partial charge on any atom is -0.477 e. The summed E-state index contributed by atoms with van der Waals surface area (Å²) in [7, 11) is 0. The van der Waals surface area contributed by atoms with Crippen molar-refractivity contribution >= 4 is 11.9 Å². The van der Waals surface area contributed by atoms with Crippen LogP contribution in [0.4, 0.5) is 5.95 Å². The Kier molecular flexibility index (Phi) is 2.20. The molecule has 0 saturated heterocycles. The molecule has 0 saturated carbocycles. The van der Waals surface area contributed by atoms with Crippen molar-refractivity contribution in [1.29, 1.82) is 0 Å². The van der Waals surface area contributed by atoms with Crippen molar-refractivity contribution in [3.63, 3.8) is 0 Å². The van der Waals surface area contributed by atoms with Crippen LogP contribution >= 0.6 is 0 Å². The third-order valence-electron chi connectivity index (χ3n) is 1.17. The summed E-state index contributed by atoms with van der Waals surface area (Å²) in [5.41, 5.74) is 2.00. The molecule has 0 spiro atoms. The average molecular weight is 169 g/mol. The van der Waals surface area contributed by atoms with E-state index in [9.17, 15) is 4.79 Å². The molecule has 1 aromatic heterocycles. The first kappa shape index (κ1) is 8.41. The lowest BCUT2D eigenvalue weighted by Crippen LogP contribution is -2.06. The number of nitrogens with zero attached hydrogens (tertiary/aromatic N) is 2. The fraction of sp³-hybridized carbons (Fsp3) is 0.167. The zero-order valence-corrected chi connectivity index (χ0v) is 6.27. The summed E-state index contributed by atoms with van der Waals surface area (Å²) in [6.45, 7) is 1.61. The lowest BCUT2D eigenvalue weighted by molar-refractivity contribution is 0.0690. The molecule has 0 aliphatic heterocycles. The first-order valence-electron chi connectivity index (χ1n) is 3.12. The Labute approximate surface area is 67.9 Å². The third kappa shape index (κ3) is 1.67. The summed E-state index contributed by atoms with van der Waals surface area (Å²) in [5, 5.41) is 16.9. The number of anilines is 1. The quantitative estimate of drug-likeness (QED) is 0.550. The molecule has 3 N–H and O–H groups in total. The number of aryl methyl sites for hydroxylation is 1. The van der Waals surface area contributed by atoms with Crippen molar-refractivity contribution in [3.05, 3.63) is 17.5 Å². The molecule has 1 aromatic rings. The highest BCUT2D eigenvalue weighted by Crippen LogP contribution is 2.03. The van der Waals surface area contributed by atoms with Crippen LogP contribution in [0.2, 0.25) is 0 Å². The van der Waals surface area contributed by atoms with E-state index in [4.69, 9.17) is 10.3 Å². The second kappa shape index (κ2) is 3.14. The van der Waals surface area contributed by atoms with Crippen molar-refractivity contribution in [2.45, 2.75) is 6.92 Å². The van der Waals surface area contributed by atoms with Gasteiger partial charge in [-0.25, -0.2) is 20.2 Å². The standard InChI is InChI=1S/C6H7N3O3/c1-3-2-4(5(10)11)8-6(7-3)9-12/h2,12H,1H3,(H,10,11)(H,7,8,9). The maximum atomic E-state index is 10.4. The van der Waals surface area contributed by atoms with E-state index in [1.54, 1.807) is 12.4 Å². The number of rotatable bonds is 2. The van der Waals surface area contributed by atoms with Gasteiger partial charge in [-0.15, -0.1) is 0 Å². The van der Waals surface area contributed by atoms with Gasteiger partial charge in [-0.05, 0) is 13.0 Å². The predicted molar refractivity (Wildman–Crippen MR) is 39.1 cm³/mol. The van der Waals surface area contributed by atoms with Crippen molar-refractivity contribution in [2.24, 2.45) is 0 Å². The lowest BCUT2D eigenvalue weighted by atomic mass is 10.3. The smallest absolute Gasteiger partial charge is 0.354 e. The fourth-order valence-corrected chi connectivity index (χ4v) is 0.728. The summed E-state index contributed by atoms with van der Waals surface area (Å²) in [5.74, 6) is -1.27. The summed E-state index contributed by atoms with van der Waals surface area (Å²) in [4.78, 5) is 17.6. The SMILES string of the molecule is Cc1cc(C(=O)O)nc(NO)n1. The van der Waals surface area contributed by atoms with Gasteiger partial charge in [0.05, 0.1) is 0 Å². The average Bonchev–Trinajstić information content (AvgIpc) is 2.03. The van der Waals surface area contributed by atoms with Crippen molar-refractivity contribution < 1.29 is 15.1 Å². The van der Waals surface area contributed by atoms with Crippen LogP contribution in [-0.2, 0) is 0 Å². The number of nitrogens with one attached hydrogen (secondary N) is 1. The molecule has 0 amide bonds. The number of aromatic carboxylic acids is 1. The van der Waals surface area contributed by atoms with Crippen LogP contribution in [0.15, 0.2) is 6.07 Å². The number of carboxylic acids is 1. The normalized spacial score (nSPS) is 9.50. The largest absolute Gasteiger partial charge is 0.477 e. The van der Waals surface area contributed by atoms with Crippen LogP contribution < -0.4 is 5.48 Å². The van der Waals surface area contributed by atoms with Crippen molar-refractivity contribution in [3.8, 4) is 0 Å². The number of aromatic nitrogens is 2. The monoisotopic (exact) mass is 169 g/mol. The molecular formula is C6H7N3O3. The first-order valence-corrected chi connectivity index (χ1v) is 3.12. The van der Waals surface area contributed by atoms with E-state index in [1.807, 2.05) is 0 Å². The zero-order valence-electron chi connectivity index (χ0n) is 6.27. The number of carboxylic acid groups (broad SMARTS) is 1. The van der Waals surface area contributed by atoms with E-state index < -0.39 is 5.97 Å². The Morgan fingerprint density at radius 3 is 2.75 bits per heavy atom. The molecule has 1 heterocycles. The van der Waals surface area contributed by atoms with Gasteiger partial charge in [0.25, 0.3) is 0 Å². The minimum absolute atomic E-state index is 0.118. The second-order valence-corrected chi connectivity index (χ2v) is 2.14. The van der Waals surface area contributed by atoms with E-state index >= 15 is 0 Å². The highest BCUT2D eigenvalue weighted by Gasteiger charge is 2.07. The van der Waals surface area contributed by atoms with Gasteiger partial charge in [-0.3, -0.25) is 5.21 Å². The molecular weight excluding hydrogens is 162 g/mol. The van der Waals surface area contributed by atoms with E-state index in [0.717, 1.165) is 0 Å². The highest BCUT2D eigenvalue weighted by molar-refractivity contribution is 5.85. The van der Waals surface area contributed by atoms with Gasteiger partial charge in [0, 0.05) is 5.69 Å². The Morgan fingerprint density at radius 1 is 1.58 bits per heavy atom. The van der Waals surface area contributed by atoms with Crippen LogP contribution in [-0.4, -0.2) is 26.3 Å². The molecule has 0 aromatic carbocycles. The summed E-state index contributed by atoms with van der Waals surface area (Å²) < 4.78 is 0. The molecule has 12 heavy (non-hydrogen) atoms. The van der Waals surface area contributed by atoms with Crippen LogP contribution in [0.3, 0.4) is 0 Å². The molecule has 0 bridgehead atoms. The van der Waals surface area contributed by atoms with Gasteiger partial charge < -0.3 is 5.11 Å². The highest BCUT2D eigenvalue weighted by atomic mass is 16.5. The summed E-state index contributed by atoms with van der Waals surface area (Å²) in [6, 6.07) is 1.31. The van der Waals surface area contributed by atoms with Gasteiger partial charge in [0.1, 0.15) is 0 Å². The van der Waals surface area contributed by atoms with Gasteiger partial charge in [0.2, 0.25) is 5.95 Å². The van der Waals surface area contributed by atoms with Gasteiger partial charge in [0.15, 0.2) is 5.69 Å². The zero-order chi connectivity index (χ0) is 9.14. The fourth-order valence-electron chi connectivity index (χ4n) is 0.728. The molecule has 1 rings (SSSR count). The molecule has 0 unspecified atom stereocenters. The van der Waals surface area contributed by atoms with E-state index in [2.05, 4.69) is 9.97 Å². The van der Waals surface area contributed by atoms with Crippen LogP contribution in [0, 0.1) is 6.92 Å². The molecule has 0 aliphatic rings. The minimum atomic E-state index is -1.16. The molecule has 0 atom stereocenters. The Balaban J connectivity index is 3.15. The van der Waals surface area contributed by atoms with Crippen LogP contribution in [0.5, 0.6) is 0 Å². The van der Waals surface area contributed by atoms with Gasteiger partial charge in [-0.2, -0.15) is 0 Å². The summed E-state index contributed by atoms with van der Waals surface area (Å²) in [6.07, 6.45) is 0. The lowest BCUT2D eigenvalue weighted by Gasteiger charge is -1.99. The predicted octanol–water partition coefficient (Wildman–Crippen LogP) is 0.284. The number of carbonyl (C=O) groups is 1. The topological polar surface area (TPSA) is 95.3 Å². The van der Waals surface area contributed by atoms with Gasteiger partial charge in [-0.1, -0.05) is 0 Å². The maximum Gasteiger partial charge on any atom is 0.354 e. The molecule has 0 radical (unpaired) electrons. The van der Waals surface area contributed by atoms with Gasteiger partial charge >= 0.3 is 5.97 Å². The molecule has 6 nitrogen and oxygen atoms in total. The third-order valence-corrected chi connectivity index (χ3v) is 1.17. The Bertz CT molecular complexity index is 313. The molecule has 64 valence electrons. The van der Waals surface area contributed by atoms with Crippen LogP contribution in [0.25, 0.3) is 0 Å². The van der Waals surface area contributed by atoms with E-state index in [1.165, 1.54) is 6.07 Å². The first-order chi connectivity index (χ1) is 5.63. The number of hydrogen-bond donors (Lipinski definition) is 3. The summed E-state index contributed by atoms with van der Waals surface area (Å²) >= 11 is 0. The Hall–Kier alpha value is -1.69. The maximum absolute atomic E-state index is 10.4. The second-order valence-electron chi connectivity index (χ2n) is 2.14. The van der Waals surface area contributed by atoms with E-state index in [0.29, 0.717) is 5.69 Å². The Morgan fingerprint density at radius 2 is 2.25 bits per heavy atom. The number of hydrogen-bond acceptors (Lipinski definition) is 5. The van der Waals surface area contributed by atoms with Crippen molar-refractivity contribution in [1.82, 2.24) is 9.97 Å². The molecule has 0 aliphatic carbocycles. The molecule has 6 heteroatoms. The van der Waals surface area contributed by atoms with E-state index in [-0.39, 0.29) is 11.6 Å².